The van der Waals surface area contributed by atoms with Crippen LogP contribution in [0.15, 0.2) is 36.4 Å². The largest absolute Gasteiger partial charge is 0.399 e. The topological polar surface area (TPSA) is 54.7 Å². The Hall–Kier alpha value is -2.36. The van der Waals surface area contributed by atoms with Crippen LogP contribution < -0.4 is 5.73 Å². The van der Waals surface area contributed by atoms with Crippen LogP contribution in [0.5, 0.6) is 0 Å². The molecule has 0 bridgehead atoms. The summed E-state index contributed by atoms with van der Waals surface area (Å²) in [6.45, 7) is 1.97. The lowest BCUT2D eigenvalue weighted by atomic mass is 10.1. The van der Waals surface area contributed by atoms with E-state index in [4.69, 9.17) is 5.73 Å². The highest BCUT2D eigenvalue weighted by atomic mass is 19.1. The van der Waals surface area contributed by atoms with Crippen molar-refractivity contribution in [2.45, 2.75) is 6.92 Å². The van der Waals surface area contributed by atoms with Crippen molar-refractivity contribution >= 4 is 16.7 Å². The molecule has 0 spiro atoms. The van der Waals surface area contributed by atoms with Crippen molar-refractivity contribution in [1.82, 2.24) is 9.97 Å². The van der Waals surface area contributed by atoms with Gasteiger partial charge in [0, 0.05) is 11.3 Å². The number of halogens is 1. The van der Waals surface area contributed by atoms with Gasteiger partial charge in [0.2, 0.25) is 0 Å². The second kappa shape index (κ2) is 3.84. The van der Waals surface area contributed by atoms with Gasteiger partial charge in [-0.1, -0.05) is 0 Å². The molecule has 0 atom stereocenters. The second-order valence-corrected chi connectivity index (χ2v) is 4.32. The van der Waals surface area contributed by atoms with Crippen molar-refractivity contribution in [1.29, 1.82) is 0 Å². The van der Waals surface area contributed by atoms with Gasteiger partial charge in [-0.3, -0.25) is 0 Å². The van der Waals surface area contributed by atoms with E-state index in [0.717, 1.165) is 28.2 Å². The molecule has 1 aromatic heterocycles. The van der Waals surface area contributed by atoms with Crippen LogP contribution in [0.25, 0.3) is 22.4 Å². The molecule has 0 saturated heterocycles. The number of rotatable bonds is 1. The van der Waals surface area contributed by atoms with Crippen LogP contribution in [-0.2, 0) is 0 Å². The maximum absolute atomic E-state index is 13.1. The van der Waals surface area contributed by atoms with Crippen LogP contribution >= 0.6 is 0 Å². The van der Waals surface area contributed by atoms with Crippen LogP contribution in [-0.4, -0.2) is 9.97 Å². The van der Waals surface area contributed by atoms with Crippen LogP contribution in [0.1, 0.15) is 5.56 Å². The van der Waals surface area contributed by atoms with E-state index in [9.17, 15) is 4.39 Å². The van der Waals surface area contributed by atoms with E-state index >= 15 is 0 Å². The first-order valence-corrected chi connectivity index (χ1v) is 5.65. The van der Waals surface area contributed by atoms with Gasteiger partial charge < -0.3 is 10.7 Å². The van der Waals surface area contributed by atoms with Gasteiger partial charge in [0.05, 0.1) is 11.0 Å². The summed E-state index contributed by atoms with van der Waals surface area (Å²) in [6, 6.07) is 10.1. The molecule has 0 aliphatic carbocycles. The molecule has 3 nitrogen and oxygen atoms in total. The van der Waals surface area contributed by atoms with Gasteiger partial charge in [-0.05, 0) is 48.9 Å². The van der Waals surface area contributed by atoms with Crippen molar-refractivity contribution < 1.29 is 4.39 Å². The third-order valence-corrected chi connectivity index (χ3v) is 2.95. The Bertz CT molecular complexity index is 731. The minimum Gasteiger partial charge on any atom is -0.399 e. The number of nitrogen functional groups attached to an aromatic ring is 1. The number of nitrogens with two attached hydrogens (primary N) is 1. The third-order valence-electron chi connectivity index (χ3n) is 2.95. The fourth-order valence-corrected chi connectivity index (χ4v) is 2.06. The van der Waals surface area contributed by atoms with Crippen LogP contribution in [0.3, 0.4) is 0 Å². The van der Waals surface area contributed by atoms with E-state index in [1.807, 2.05) is 25.1 Å². The summed E-state index contributed by atoms with van der Waals surface area (Å²) in [7, 11) is 0. The van der Waals surface area contributed by atoms with Crippen LogP contribution in [0.2, 0.25) is 0 Å². The monoisotopic (exact) mass is 241 g/mol. The summed E-state index contributed by atoms with van der Waals surface area (Å²) in [5.41, 5.74) is 9.90. The molecule has 90 valence electrons. The number of aromatic nitrogens is 2. The molecule has 0 radical (unpaired) electrons. The first kappa shape index (κ1) is 10.8. The van der Waals surface area contributed by atoms with E-state index in [1.165, 1.54) is 12.1 Å². The zero-order chi connectivity index (χ0) is 12.7. The Morgan fingerprint density at radius 1 is 1.17 bits per heavy atom. The molecule has 18 heavy (non-hydrogen) atoms. The van der Waals surface area contributed by atoms with Crippen molar-refractivity contribution in [3.05, 3.63) is 47.8 Å². The van der Waals surface area contributed by atoms with Crippen LogP contribution in [0, 0.1) is 12.7 Å². The summed E-state index contributed by atoms with van der Waals surface area (Å²) < 4.78 is 13.1. The molecule has 4 heteroatoms. The molecule has 0 fully saturated rings. The standard InChI is InChI=1S/C14H12FN3/c1-8-6-10(16)3-4-11(8)14-17-12-5-2-9(15)7-13(12)18-14/h2-7H,16H2,1H3,(H,17,18). The average molecular weight is 241 g/mol. The lowest BCUT2D eigenvalue weighted by Crippen LogP contribution is -1.89. The van der Waals surface area contributed by atoms with E-state index in [-0.39, 0.29) is 5.82 Å². The number of H-pyrrole nitrogens is 1. The predicted molar refractivity (Wildman–Crippen MR) is 70.6 cm³/mol. The lowest BCUT2D eigenvalue weighted by molar-refractivity contribution is 0.629. The Labute approximate surface area is 103 Å². The maximum Gasteiger partial charge on any atom is 0.138 e. The average Bonchev–Trinajstić information content (AvgIpc) is 2.71. The number of imidazole rings is 1. The number of anilines is 1. The number of fused-ring (bicyclic) bond motifs is 1. The normalized spacial score (nSPS) is 11.0. The van der Waals surface area contributed by atoms with Crippen molar-refractivity contribution in [3.63, 3.8) is 0 Å². The molecule has 0 aliphatic rings. The highest BCUT2D eigenvalue weighted by Gasteiger charge is 2.08. The quantitative estimate of drug-likeness (QED) is 0.642. The third kappa shape index (κ3) is 1.72. The number of nitrogens with one attached hydrogen (secondary N) is 1. The number of nitrogens with zero attached hydrogens (tertiary/aromatic N) is 1. The van der Waals surface area contributed by atoms with Gasteiger partial charge in [0.1, 0.15) is 11.6 Å². The molecular weight excluding hydrogens is 229 g/mol. The first-order valence-electron chi connectivity index (χ1n) is 5.65. The molecular formula is C14H12FN3. The van der Waals surface area contributed by atoms with E-state index in [0.29, 0.717) is 5.52 Å². The smallest absolute Gasteiger partial charge is 0.138 e. The summed E-state index contributed by atoms with van der Waals surface area (Å²) in [6.07, 6.45) is 0. The number of aryl methyl sites for hydroxylation is 1. The van der Waals surface area contributed by atoms with Gasteiger partial charge in [-0.2, -0.15) is 0 Å². The maximum atomic E-state index is 13.1. The summed E-state index contributed by atoms with van der Waals surface area (Å²) in [5, 5.41) is 0. The molecule has 0 saturated carbocycles. The number of hydrogen-bond acceptors (Lipinski definition) is 2. The number of aromatic amines is 1. The predicted octanol–water partition coefficient (Wildman–Crippen LogP) is 3.26. The summed E-state index contributed by atoms with van der Waals surface area (Å²) >= 11 is 0. The summed E-state index contributed by atoms with van der Waals surface area (Å²) in [5.74, 6) is 0.458. The molecule has 3 aromatic rings. The molecule has 0 aliphatic heterocycles. The minimum absolute atomic E-state index is 0.272. The lowest BCUT2D eigenvalue weighted by Gasteiger charge is -2.03. The van der Waals surface area contributed by atoms with E-state index in [2.05, 4.69) is 9.97 Å². The second-order valence-electron chi connectivity index (χ2n) is 4.32. The molecule has 1 heterocycles. The first-order chi connectivity index (χ1) is 8.63. The highest BCUT2D eigenvalue weighted by molar-refractivity contribution is 5.80. The van der Waals surface area contributed by atoms with Crippen molar-refractivity contribution in [3.8, 4) is 11.4 Å². The zero-order valence-corrected chi connectivity index (χ0v) is 9.87. The number of benzene rings is 2. The molecule has 2 aromatic carbocycles. The Kier molecular flexibility index (Phi) is 2.30. The van der Waals surface area contributed by atoms with Gasteiger partial charge >= 0.3 is 0 Å². The van der Waals surface area contributed by atoms with Gasteiger partial charge in [-0.15, -0.1) is 0 Å². The summed E-state index contributed by atoms with van der Waals surface area (Å²) in [4.78, 5) is 7.57. The zero-order valence-electron chi connectivity index (χ0n) is 9.87. The van der Waals surface area contributed by atoms with Gasteiger partial charge in [0.25, 0.3) is 0 Å². The van der Waals surface area contributed by atoms with Crippen molar-refractivity contribution in [2.75, 3.05) is 5.73 Å². The van der Waals surface area contributed by atoms with Crippen molar-refractivity contribution in [2.24, 2.45) is 0 Å². The molecule has 0 amide bonds. The van der Waals surface area contributed by atoms with E-state index in [1.54, 1.807) is 6.07 Å². The Morgan fingerprint density at radius 2 is 2.00 bits per heavy atom. The van der Waals surface area contributed by atoms with E-state index < -0.39 is 0 Å². The fraction of sp³-hybridized carbons (Fsp3) is 0.0714. The Morgan fingerprint density at radius 3 is 2.78 bits per heavy atom. The highest BCUT2D eigenvalue weighted by Crippen LogP contribution is 2.25. The molecule has 3 N–H and O–H groups in total. The molecule has 3 rings (SSSR count). The fourth-order valence-electron chi connectivity index (χ4n) is 2.06. The van der Waals surface area contributed by atoms with Crippen LogP contribution in [0.4, 0.5) is 10.1 Å². The van der Waals surface area contributed by atoms with Gasteiger partial charge in [0.15, 0.2) is 0 Å². The Balaban J connectivity index is 2.19. The number of hydrogen-bond donors (Lipinski definition) is 2. The van der Waals surface area contributed by atoms with Gasteiger partial charge in [-0.25, -0.2) is 9.37 Å². The molecule has 0 unspecified atom stereocenters. The SMILES string of the molecule is Cc1cc(N)ccc1-c1nc2ccc(F)cc2[nH]1. The minimum atomic E-state index is -0.272.